The zero-order valence-electron chi connectivity index (χ0n) is 10.7. The molecule has 0 radical (unpaired) electrons. The van der Waals surface area contributed by atoms with Crippen LogP contribution in [0.2, 0.25) is 0 Å². The number of aromatic hydroxyl groups is 1. The lowest BCUT2D eigenvalue weighted by atomic mass is 10.1. The van der Waals surface area contributed by atoms with Crippen molar-refractivity contribution in [1.29, 1.82) is 0 Å². The zero-order valence-corrected chi connectivity index (χ0v) is 10.7. The van der Waals surface area contributed by atoms with Gasteiger partial charge in [-0.1, -0.05) is 18.2 Å². The van der Waals surface area contributed by atoms with Crippen molar-refractivity contribution in [2.75, 3.05) is 0 Å². The van der Waals surface area contributed by atoms with E-state index in [9.17, 15) is 24.4 Å². The third-order valence-electron chi connectivity index (χ3n) is 2.79. The molecule has 0 atom stereocenters. The first-order valence-electron chi connectivity index (χ1n) is 5.97. The number of phenolic OH excluding ortho intramolecular Hbond substituents is 1. The highest BCUT2D eigenvalue weighted by molar-refractivity contribution is 5.94. The summed E-state index contributed by atoms with van der Waals surface area (Å²) in [5.74, 6) is -1.51. The van der Waals surface area contributed by atoms with E-state index in [2.05, 4.69) is 5.32 Å². The molecule has 0 aromatic heterocycles. The Labute approximate surface area is 119 Å². The first-order valence-corrected chi connectivity index (χ1v) is 5.97. The summed E-state index contributed by atoms with van der Waals surface area (Å²) in [4.78, 5) is 21.7. The van der Waals surface area contributed by atoms with Crippen LogP contribution in [0.3, 0.4) is 0 Å². The Morgan fingerprint density at radius 2 is 2.00 bits per heavy atom. The van der Waals surface area contributed by atoms with Gasteiger partial charge in [0.15, 0.2) is 0 Å². The van der Waals surface area contributed by atoms with Crippen molar-refractivity contribution in [3.63, 3.8) is 0 Å². The first-order chi connectivity index (χ1) is 9.97. The molecule has 0 heterocycles. The summed E-state index contributed by atoms with van der Waals surface area (Å²) in [7, 11) is 0. The van der Waals surface area contributed by atoms with Gasteiger partial charge in [-0.15, -0.1) is 0 Å². The van der Waals surface area contributed by atoms with E-state index in [0.717, 1.165) is 18.2 Å². The lowest BCUT2D eigenvalue weighted by Crippen LogP contribution is -2.23. The maximum absolute atomic E-state index is 13.3. The van der Waals surface area contributed by atoms with Gasteiger partial charge in [0.25, 0.3) is 11.6 Å². The Morgan fingerprint density at radius 1 is 1.29 bits per heavy atom. The van der Waals surface area contributed by atoms with Crippen LogP contribution in [0, 0.1) is 15.9 Å². The minimum atomic E-state index is -0.864. The highest BCUT2D eigenvalue weighted by atomic mass is 19.1. The van der Waals surface area contributed by atoms with Crippen molar-refractivity contribution in [2.45, 2.75) is 6.54 Å². The fourth-order valence-corrected chi connectivity index (χ4v) is 1.75. The predicted molar refractivity (Wildman–Crippen MR) is 72.3 cm³/mol. The minimum Gasteiger partial charge on any atom is -0.508 e. The van der Waals surface area contributed by atoms with Gasteiger partial charge in [-0.3, -0.25) is 14.9 Å². The summed E-state index contributed by atoms with van der Waals surface area (Å²) < 4.78 is 13.3. The predicted octanol–water partition coefficient (Wildman–Crippen LogP) is 2.37. The second-order valence-corrected chi connectivity index (χ2v) is 4.27. The van der Waals surface area contributed by atoms with Crippen LogP contribution in [0.4, 0.5) is 10.1 Å². The number of non-ortho nitro benzene ring substituents is 1. The number of hydrogen-bond donors (Lipinski definition) is 2. The molecular weight excluding hydrogens is 279 g/mol. The molecule has 0 aliphatic heterocycles. The fraction of sp³-hybridized carbons (Fsp3) is 0.0714. The monoisotopic (exact) mass is 290 g/mol. The maximum Gasteiger partial charge on any atom is 0.273 e. The first kappa shape index (κ1) is 14.4. The number of rotatable bonds is 4. The van der Waals surface area contributed by atoms with Crippen molar-refractivity contribution in [3.8, 4) is 5.75 Å². The molecule has 0 unspecified atom stereocenters. The molecule has 0 saturated carbocycles. The maximum atomic E-state index is 13.3. The number of nitro benzene ring substituents is 1. The number of phenols is 1. The Morgan fingerprint density at radius 3 is 2.67 bits per heavy atom. The van der Waals surface area contributed by atoms with Crippen LogP contribution < -0.4 is 5.32 Å². The number of amides is 1. The molecular formula is C14H11FN2O4. The minimum absolute atomic E-state index is 0.0167. The summed E-state index contributed by atoms with van der Waals surface area (Å²) in [5, 5.41) is 22.6. The summed E-state index contributed by atoms with van der Waals surface area (Å²) in [6.07, 6.45) is 0. The summed E-state index contributed by atoms with van der Waals surface area (Å²) >= 11 is 0. The topological polar surface area (TPSA) is 92.5 Å². The van der Waals surface area contributed by atoms with Gasteiger partial charge in [0.1, 0.15) is 11.6 Å². The molecule has 0 bridgehead atoms. The van der Waals surface area contributed by atoms with Gasteiger partial charge in [-0.25, -0.2) is 4.39 Å². The van der Waals surface area contributed by atoms with E-state index >= 15 is 0 Å². The summed E-state index contributed by atoms with van der Waals surface area (Å²) in [6.45, 7) is 0.0236. The molecule has 7 heteroatoms. The van der Waals surface area contributed by atoms with E-state index in [1.807, 2.05) is 0 Å². The molecule has 2 N–H and O–H groups in total. The number of nitrogens with one attached hydrogen (secondary N) is 1. The molecule has 2 aromatic rings. The smallest absolute Gasteiger partial charge is 0.273 e. The van der Waals surface area contributed by atoms with Gasteiger partial charge < -0.3 is 10.4 Å². The van der Waals surface area contributed by atoms with Crippen molar-refractivity contribution in [2.24, 2.45) is 0 Å². The number of benzene rings is 2. The quantitative estimate of drug-likeness (QED) is 0.668. The normalized spacial score (nSPS) is 10.1. The molecule has 21 heavy (non-hydrogen) atoms. The van der Waals surface area contributed by atoms with E-state index in [-0.39, 0.29) is 17.9 Å². The molecule has 2 aromatic carbocycles. The van der Waals surface area contributed by atoms with Crippen LogP contribution in [0.25, 0.3) is 0 Å². The van der Waals surface area contributed by atoms with E-state index < -0.39 is 22.3 Å². The molecule has 0 spiro atoms. The Balaban J connectivity index is 2.14. The third kappa shape index (κ3) is 3.53. The summed E-state index contributed by atoms with van der Waals surface area (Å²) in [5.41, 5.74) is -0.170. The van der Waals surface area contributed by atoms with Crippen LogP contribution in [0.15, 0.2) is 42.5 Å². The van der Waals surface area contributed by atoms with Crippen LogP contribution in [0.5, 0.6) is 5.75 Å². The SMILES string of the molecule is O=C(NCc1ccccc1O)c1cc(F)cc([N+](=O)[O-])c1. The highest BCUT2D eigenvalue weighted by Crippen LogP contribution is 2.18. The number of carbonyl (C=O) groups is 1. The number of nitro groups is 1. The van der Waals surface area contributed by atoms with Gasteiger partial charge in [0.2, 0.25) is 0 Å². The van der Waals surface area contributed by atoms with Crippen LogP contribution in [0.1, 0.15) is 15.9 Å². The van der Waals surface area contributed by atoms with Crippen molar-refractivity contribution in [1.82, 2.24) is 5.32 Å². The Bertz CT molecular complexity index is 703. The number of nitrogens with zero attached hydrogens (tertiary/aromatic N) is 1. The largest absolute Gasteiger partial charge is 0.508 e. The standard InChI is InChI=1S/C14H11FN2O4/c15-11-5-10(6-12(7-11)17(20)21)14(19)16-8-9-3-1-2-4-13(9)18/h1-7,18H,8H2,(H,16,19). The lowest BCUT2D eigenvalue weighted by Gasteiger charge is -2.07. The molecule has 0 fully saturated rings. The molecule has 0 saturated heterocycles. The van der Waals surface area contributed by atoms with E-state index in [0.29, 0.717) is 5.56 Å². The van der Waals surface area contributed by atoms with Crippen molar-refractivity contribution < 1.29 is 19.2 Å². The Kier molecular flexibility index (Phi) is 4.13. The fourth-order valence-electron chi connectivity index (χ4n) is 1.75. The number of halogens is 1. The lowest BCUT2D eigenvalue weighted by molar-refractivity contribution is -0.385. The van der Waals surface area contributed by atoms with E-state index in [1.165, 1.54) is 6.07 Å². The van der Waals surface area contributed by atoms with Gasteiger partial charge in [-0.2, -0.15) is 0 Å². The zero-order chi connectivity index (χ0) is 15.4. The average Bonchev–Trinajstić information content (AvgIpc) is 2.45. The van der Waals surface area contributed by atoms with Crippen LogP contribution >= 0.6 is 0 Å². The molecule has 108 valence electrons. The molecule has 2 rings (SSSR count). The van der Waals surface area contributed by atoms with Gasteiger partial charge in [0, 0.05) is 23.7 Å². The Hall–Kier alpha value is -2.96. The molecule has 0 aliphatic carbocycles. The number of carbonyl (C=O) groups excluding carboxylic acids is 1. The van der Waals surface area contributed by atoms with E-state index in [4.69, 9.17) is 0 Å². The average molecular weight is 290 g/mol. The van der Waals surface area contributed by atoms with Crippen molar-refractivity contribution in [3.05, 3.63) is 69.5 Å². The van der Waals surface area contributed by atoms with Crippen LogP contribution in [-0.2, 0) is 6.54 Å². The molecule has 6 nitrogen and oxygen atoms in total. The molecule has 1 amide bonds. The second-order valence-electron chi connectivity index (χ2n) is 4.27. The second kappa shape index (κ2) is 6.00. The number of para-hydroxylation sites is 1. The van der Waals surface area contributed by atoms with E-state index in [1.54, 1.807) is 18.2 Å². The molecule has 0 aliphatic rings. The number of hydrogen-bond acceptors (Lipinski definition) is 4. The van der Waals surface area contributed by atoms with Gasteiger partial charge in [0.05, 0.1) is 11.0 Å². The van der Waals surface area contributed by atoms with Crippen LogP contribution in [-0.4, -0.2) is 15.9 Å². The highest BCUT2D eigenvalue weighted by Gasteiger charge is 2.14. The van der Waals surface area contributed by atoms with Gasteiger partial charge >= 0.3 is 0 Å². The third-order valence-corrected chi connectivity index (χ3v) is 2.79. The van der Waals surface area contributed by atoms with Crippen molar-refractivity contribution >= 4 is 11.6 Å². The summed E-state index contributed by atoms with van der Waals surface area (Å²) in [6, 6.07) is 9.04. The van der Waals surface area contributed by atoms with Gasteiger partial charge in [-0.05, 0) is 12.1 Å².